The fourth-order valence-corrected chi connectivity index (χ4v) is 1.93. The van der Waals surface area contributed by atoms with Gasteiger partial charge in [-0.05, 0) is 26.2 Å². The number of amides is 2. The predicted molar refractivity (Wildman–Crippen MR) is 70.8 cm³/mol. The van der Waals surface area contributed by atoms with Crippen molar-refractivity contribution in [2.45, 2.75) is 31.8 Å². The molecule has 0 spiro atoms. The van der Waals surface area contributed by atoms with Crippen LogP contribution < -0.4 is 11.1 Å². The van der Waals surface area contributed by atoms with Crippen LogP contribution in [0.15, 0.2) is 0 Å². The largest absolute Gasteiger partial charge is 0.392 e. The Balaban J connectivity index is 2.51. The summed E-state index contributed by atoms with van der Waals surface area (Å²) in [5.41, 5.74) is 4.48. The van der Waals surface area contributed by atoms with Gasteiger partial charge in [0.05, 0.1) is 17.1 Å². The van der Waals surface area contributed by atoms with Gasteiger partial charge in [0.25, 0.3) is 0 Å². The maximum Gasteiger partial charge on any atom is 0.311 e. The molecule has 0 aromatic carbocycles. The summed E-state index contributed by atoms with van der Waals surface area (Å²) in [4.78, 5) is 25.0. The maximum absolute atomic E-state index is 11.8. The molecule has 1 aliphatic rings. The Kier molecular flexibility index (Phi) is 5.03. The summed E-state index contributed by atoms with van der Waals surface area (Å²) in [5, 5.41) is 12.3. The second-order valence-corrected chi connectivity index (χ2v) is 5.32. The maximum atomic E-state index is 11.8. The minimum absolute atomic E-state index is 0.0193. The molecule has 0 aliphatic carbocycles. The summed E-state index contributed by atoms with van der Waals surface area (Å²) in [7, 11) is 0. The lowest BCUT2D eigenvalue weighted by Crippen LogP contribution is -2.45. The van der Waals surface area contributed by atoms with Gasteiger partial charge in [-0.1, -0.05) is 12.2 Å². The molecule has 0 bridgehead atoms. The van der Waals surface area contributed by atoms with E-state index in [0.29, 0.717) is 32.4 Å². The molecule has 1 heterocycles. The monoisotopic (exact) mass is 273 g/mol. The number of carbonyl (C=O) groups excluding carboxylic acids is 2. The van der Waals surface area contributed by atoms with E-state index in [1.807, 2.05) is 0 Å². The molecule has 2 amide bonds. The molecule has 18 heavy (non-hydrogen) atoms. The Morgan fingerprint density at radius 3 is 2.72 bits per heavy atom. The van der Waals surface area contributed by atoms with Crippen LogP contribution in [0.5, 0.6) is 0 Å². The second kappa shape index (κ2) is 6.10. The van der Waals surface area contributed by atoms with Crippen molar-refractivity contribution in [3.63, 3.8) is 0 Å². The van der Waals surface area contributed by atoms with Crippen molar-refractivity contribution in [2.24, 2.45) is 5.73 Å². The number of likely N-dealkylation sites (tertiary alicyclic amines) is 1. The number of nitrogens with two attached hydrogens (primary N) is 1. The first kappa shape index (κ1) is 14.8. The third-order valence-electron chi connectivity index (χ3n) is 2.97. The number of hydrogen-bond donors (Lipinski definition) is 3. The fourth-order valence-electron chi connectivity index (χ4n) is 1.85. The Morgan fingerprint density at radius 1 is 1.44 bits per heavy atom. The topological polar surface area (TPSA) is 95.7 Å². The van der Waals surface area contributed by atoms with Gasteiger partial charge >= 0.3 is 11.8 Å². The molecule has 102 valence electrons. The van der Waals surface area contributed by atoms with Crippen LogP contribution in [0.2, 0.25) is 0 Å². The Bertz CT molecular complexity index is 357. The SMILES string of the molecule is CC1(O)CCCN(C(=O)C(=O)NCC(N)=S)CC1. The average molecular weight is 273 g/mol. The highest BCUT2D eigenvalue weighted by molar-refractivity contribution is 7.80. The van der Waals surface area contributed by atoms with Crippen molar-refractivity contribution in [2.75, 3.05) is 19.6 Å². The lowest BCUT2D eigenvalue weighted by molar-refractivity contribution is -0.145. The molecule has 0 saturated carbocycles. The summed E-state index contributed by atoms with van der Waals surface area (Å²) in [6, 6.07) is 0. The van der Waals surface area contributed by atoms with Crippen LogP contribution in [0.3, 0.4) is 0 Å². The summed E-state index contributed by atoms with van der Waals surface area (Å²) >= 11 is 4.61. The third-order valence-corrected chi connectivity index (χ3v) is 3.11. The van der Waals surface area contributed by atoms with E-state index in [2.05, 4.69) is 17.5 Å². The van der Waals surface area contributed by atoms with Crippen molar-refractivity contribution in [1.29, 1.82) is 0 Å². The molecule has 1 fully saturated rings. The molecule has 1 aliphatic heterocycles. The van der Waals surface area contributed by atoms with E-state index in [0.717, 1.165) is 0 Å². The molecule has 1 saturated heterocycles. The van der Waals surface area contributed by atoms with Crippen LogP contribution >= 0.6 is 12.2 Å². The summed E-state index contributed by atoms with van der Waals surface area (Å²) in [6.45, 7) is 2.63. The first-order valence-electron chi connectivity index (χ1n) is 5.89. The van der Waals surface area contributed by atoms with E-state index >= 15 is 0 Å². The van der Waals surface area contributed by atoms with Crippen molar-refractivity contribution < 1.29 is 14.7 Å². The van der Waals surface area contributed by atoms with E-state index in [9.17, 15) is 14.7 Å². The zero-order valence-electron chi connectivity index (χ0n) is 10.4. The average Bonchev–Trinajstić information content (AvgIpc) is 2.46. The number of aliphatic hydroxyl groups is 1. The lowest BCUT2D eigenvalue weighted by Gasteiger charge is -2.22. The van der Waals surface area contributed by atoms with Gasteiger partial charge < -0.3 is 21.1 Å². The highest BCUT2D eigenvalue weighted by atomic mass is 32.1. The Labute approximate surface area is 112 Å². The molecule has 0 aromatic rings. The number of nitrogens with zero attached hydrogens (tertiary/aromatic N) is 1. The normalized spacial score (nSPS) is 24.2. The summed E-state index contributed by atoms with van der Waals surface area (Å²) in [6.07, 6.45) is 1.79. The fraction of sp³-hybridized carbons (Fsp3) is 0.727. The van der Waals surface area contributed by atoms with Crippen molar-refractivity contribution >= 4 is 29.0 Å². The molecule has 0 radical (unpaired) electrons. The molecule has 1 rings (SSSR count). The van der Waals surface area contributed by atoms with Gasteiger partial charge in [-0.15, -0.1) is 0 Å². The number of carbonyl (C=O) groups is 2. The number of rotatable bonds is 2. The van der Waals surface area contributed by atoms with Gasteiger partial charge in [-0.3, -0.25) is 9.59 Å². The van der Waals surface area contributed by atoms with E-state index in [1.54, 1.807) is 6.92 Å². The van der Waals surface area contributed by atoms with Crippen LogP contribution in [0.25, 0.3) is 0 Å². The van der Waals surface area contributed by atoms with Gasteiger partial charge in [0, 0.05) is 13.1 Å². The van der Waals surface area contributed by atoms with Gasteiger partial charge in [-0.25, -0.2) is 0 Å². The van der Waals surface area contributed by atoms with Gasteiger partial charge in [0.1, 0.15) is 0 Å². The predicted octanol–water partition coefficient (Wildman–Crippen LogP) is -0.848. The first-order chi connectivity index (χ1) is 8.32. The summed E-state index contributed by atoms with van der Waals surface area (Å²) in [5.74, 6) is -1.30. The van der Waals surface area contributed by atoms with Gasteiger partial charge in [-0.2, -0.15) is 0 Å². The molecule has 4 N–H and O–H groups in total. The van der Waals surface area contributed by atoms with Gasteiger partial charge in [0.2, 0.25) is 0 Å². The van der Waals surface area contributed by atoms with Crippen LogP contribution in [0.1, 0.15) is 26.2 Å². The van der Waals surface area contributed by atoms with E-state index in [4.69, 9.17) is 5.73 Å². The minimum Gasteiger partial charge on any atom is -0.392 e. The van der Waals surface area contributed by atoms with Crippen molar-refractivity contribution in [3.05, 3.63) is 0 Å². The quantitative estimate of drug-likeness (QED) is 0.450. The molecule has 1 atom stereocenters. The highest BCUT2D eigenvalue weighted by Crippen LogP contribution is 2.21. The summed E-state index contributed by atoms with van der Waals surface area (Å²) < 4.78 is 0. The van der Waals surface area contributed by atoms with E-state index in [1.165, 1.54) is 4.90 Å². The van der Waals surface area contributed by atoms with Crippen LogP contribution in [0.4, 0.5) is 0 Å². The molecule has 0 aromatic heterocycles. The Hall–Kier alpha value is -1.21. The van der Waals surface area contributed by atoms with Crippen LogP contribution in [-0.2, 0) is 9.59 Å². The van der Waals surface area contributed by atoms with Crippen LogP contribution in [0, 0.1) is 0 Å². The molecule has 7 heteroatoms. The Morgan fingerprint density at radius 2 is 2.11 bits per heavy atom. The zero-order chi connectivity index (χ0) is 13.8. The first-order valence-corrected chi connectivity index (χ1v) is 6.30. The molecule has 6 nitrogen and oxygen atoms in total. The van der Waals surface area contributed by atoms with E-state index < -0.39 is 17.4 Å². The molecule has 1 unspecified atom stereocenters. The smallest absolute Gasteiger partial charge is 0.311 e. The lowest BCUT2D eigenvalue weighted by atomic mass is 9.98. The van der Waals surface area contributed by atoms with E-state index in [-0.39, 0.29) is 11.5 Å². The number of hydrogen-bond acceptors (Lipinski definition) is 4. The number of nitrogens with one attached hydrogen (secondary N) is 1. The highest BCUT2D eigenvalue weighted by Gasteiger charge is 2.29. The van der Waals surface area contributed by atoms with Gasteiger partial charge in [0.15, 0.2) is 0 Å². The standard InChI is InChI=1S/C11H19N3O3S/c1-11(17)3-2-5-14(6-4-11)10(16)9(15)13-7-8(12)18/h17H,2-7H2,1H3,(H2,12,18)(H,13,15). The zero-order valence-corrected chi connectivity index (χ0v) is 11.3. The second-order valence-electron chi connectivity index (χ2n) is 4.79. The molecular formula is C11H19N3O3S. The molecular weight excluding hydrogens is 254 g/mol. The van der Waals surface area contributed by atoms with Crippen LogP contribution in [-0.4, -0.2) is 52.0 Å². The third kappa shape index (κ3) is 4.58. The van der Waals surface area contributed by atoms with Crippen molar-refractivity contribution in [3.8, 4) is 0 Å². The number of thiocarbonyl (C=S) groups is 1. The van der Waals surface area contributed by atoms with Crippen molar-refractivity contribution in [1.82, 2.24) is 10.2 Å². The minimum atomic E-state index is -0.760.